The predicted octanol–water partition coefficient (Wildman–Crippen LogP) is 0.0977. The molecule has 1 aliphatic carbocycles. The van der Waals surface area contributed by atoms with Gasteiger partial charge in [0, 0.05) is 12.8 Å². The molecule has 0 N–H and O–H groups in total. The Hall–Kier alpha value is -1.19. The summed E-state index contributed by atoms with van der Waals surface area (Å²) >= 11 is 0. The summed E-state index contributed by atoms with van der Waals surface area (Å²) in [7, 11) is 1.22. The van der Waals surface area contributed by atoms with Crippen molar-refractivity contribution < 1.29 is 19.1 Å². The van der Waals surface area contributed by atoms with E-state index < -0.39 is 11.4 Å². The second kappa shape index (κ2) is 2.69. The molecule has 0 aromatic rings. The topological polar surface area (TPSA) is 60.4 Å². The number of carbonyl (C=O) groups excluding carboxylic acids is 3. The Kier molecular flexibility index (Phi) is 2.00. The van der Waals surface area contributed by atoms with E-state index in [9.17, 15) is 14.4 Å². The van der Waals surface area contributed by atoms with Crippen molar-refractivity contribution in [1.29, 1.82) is 0 Å². The molecule has 0 atom stereocenters. The first-order valence-corrected chi connectivity index (χ1v) is 3.64. The average Bonchev–Trinajstić information content (AvgIpc) is 1.96. The fourth-order valence-corrected chi connectivity index (χ4v) is 1.35. The molecule has 1 fully saturated rings. The lowest BCUT2D eigenvalue weighted by atomic mass is 9.65. The van der Waals surface area contributed by atoms with Gasteiger partial charge in [0.2, 0.25) is 0 Å². The molecule has 0 spiro atoms. The molecule has 0 heterocycles. The smallest absolute Gasteiger partial charge is 0.320 e. The van der Waals surface area contributed by atoms with Gasteiger partial charge in [-0.1, -0.05) is 0 Å². The normalized spacial score (nSPS) is 19.7. The fourth-order valence-electron chi connectivity index (χ4n) is 1.35. The summed E-state index contributed by atoms with van der Waals surface area (Å²) in [4.78, 5) is 32.8. The summed E-state index contributed by atoms with van der Waals surface area (Å²) < 4.78 is 4.46. The van der Waals surface area contributed by atoms with E-state index in [1.807, 2.05) is 0 Å². The largest absolute Gasteiger partial charge is 0.468 e. The second-order valence-corrected chi connectivity index (χ2v) is 3.02. The number of ketones is 2. The maximum absolute atomic E-state index is 11.1. The van der Waals surface area contributed by atoms with Gasteiger partial charge in [-0.25, -0.2) is 0 Å². The van der Waals surface area contributed by atoms with E-state index in [0.29, 0.717) is 0 Å². The molecule has 4 heteroatoms. The number of methoxy groups -OCH3 is 1. The Balaban J connectivity index is 2.83. The van der Waals surface area contributed by atoms with E-state index in [0.717, 1.165) is 0 Å². The van der Waals surface area contributed by atoms with E-state index in [1.54, 1.807) is 0 Å². The van der Waals surface area contributed by atoms with Crippen LogP contribution in [0.5, 0.6) is 0 Å². The molecule has 0 aromatic carbocycles. The van der Waals surface area contributed by atoms with Gasteiger partial charge in [-0.3, -0.25) is 14.4 Å². The second-order valence-electron chi connectivity index (χ2n) is 3.02. The third-order valence-corrected chi connectivity index (χ3v) is 2.25. The van der Waals surface area contributed by atoms with E-state index in [4.69, 9.17) is 0 Å². The highest BCUT2D eigenvalue weighted by atomic mass is 16.5. The SMILES string of the molecule is COC(=O)C1(C(C)=O)CC(=O)C1. The summed E-state index contributed by atoms with van der Waals surface area (Å²) in [6.07, 6.45) is 0.0179. The Morgan fingerprint density at radius 1 is 1.42 bits per heavy atom. The van der Waals surface area contributed by atoms with Crippen LogP contribution in [-0.4, -0.2) is 24.6 Å². The maximum atomic E-state index is 11.1. The molecule has 0 amide bonds. The Morgan fingerprint density at radius 3 is 2.17 bits per heavy atom. The molecule has 0 aliphatic heterocycles. The number of esters is 1. The van der Waals surface area contributed by atoms with Crippen LogP contribution in [0.3, 0.4) is 0 Å². The van der Waals surface area contributed by atoms with Crippen molar-refractivity contribution >= 4 is 17.5 Å². The summed E-state index contributed by atoms with van der Waals surface area (Å²) in [5, 5.41) is 0. The predicted molar refractivity (Wildman–Crippen MR) is 39.4 cm³/mol. The van der Waals surface area contributed by atoms with E-state index in [1.165, 1.54) is 14.0 Å². The highest BCUT2D eigenvalue weighted by molar-refractivity contribution is 6.13. The van der Waals surface area contributed by atoms with Crippen LogP contribution in [-0.2, 0) is 19.1 Å². The summed E-state index contributed by atoms with van der Waals surface area (Å²) in [5.41, 5.74) is -1.15. The van der Waals surface area contributed by atoms with Gasteiger partial charge < -0.3 is 4.74 Å². The molecule has 1 aliphatic rings. The molecule has 1 rings (SSSR count). The minimum absolute atomic E-state index is 0.00894. The Bertz CT molecular complexity index is 246. The minimum Gasteiger partial charge on any atom is -0.468 e. The maximum Gasteiger partial charge on any atom is 0.320 e. The van der Waals surface area contributed by atoms with Crippen LogP contribution in [0, 0.1) is 5.41 Å². The molecule has 0 bridgehead atoms. The molecular weight excluding hydrogens is 160 g/mol. The van der Waals surface area contributed by atoms with Crippen molar-refractivity contribution in [3.63, 3.8) is 0 Å². The number of carbonyl (C=O) groups is 3. The molecule has 0 radical (unpaired) electrons. The Morgan fingerprint density at radius 2 is 1.92 bits per heavy atom. The number of rotatable bonds is 2. The summed E-state index contributed by atoms with van der Waals surface area (Å²) in [6.45, 7) is 1.31. The van der Waals surface area contributed by atoms with Crippen LogP contribution in [0.15, 0.2) is 0 Å². The summed E-state index contributed by atoms with van der Waals surface area (Å²) in [5.74, 6) is -0.931. The summed E-state index contributed by atoms with van der Waals surface area (Å²) in [6, 6.07) is 0. The van der Waals surface area contributed by atoms with E-state index >= 15 is 0 Å². The van der Waals surface area contributed by atoms with Gasteiger partial charge in [0.1, 0.15) is 17.0 Å². The third-order valence-electron chi connectivity index (χ3n) is 2.25. The van der Waals surface area contributed by atoms with Crippen molar-refractivity contribution in [1.82, 2.24) is 0 Å². The zero-order chi connectivity index (χ0) is 9.35. The van der Waals surface area contributed by atoms with Gasteiger partial charge in [-0.05, 0) is 6.92 Å². The van der Waals surface area contributed by atoms with Gasteiger partial charge in [-0.15, -0.1) is 0 Å². The lowest BCUT2D eigenvalue weighted by Gasteiger charge is -2.34. The van der Waals surface area contributed by atoms with Crippen molar-refractivity contribution in [3.8, 4) is 0 Å². The van der Waals surface area contributed by atoms with Crippen molar-refractivity contribution in [2.24, 2.45) is 5.41 Å². The van der Waals surface area contributed by atoms with Gasteiger partial charge >= 0.3 is 5.97 Å². The number of hydrogen-bond acceptors (Lipinski definition) is 4. The number of hydrogen-bond donors (Lipinski definition) is 0. The van der Waals surface area contributed by atoms with E-state index in [-0.39, 0.29) is 24.4 Å². The average molecular weight is 170 g/mol. The first-order chi connectivity index (χ1) is 5.53. The van der Waals surface area contributed by atoms with Crippen LogP contribution in [0.25, 0.3) is 0 Å². The van der Waals surface area contributed by atoms with Gasteiger partial charge in [0.05, 0.1) is 7.11 Å². The molecule has 0 unspecified atom stereocenters. The highest BCUT2D eigenvalue weighted by Crippen LogP contribution is 2.39. The van der Waals surface area contributed by atoms with Gasteiger partial charge in [0.15, 0.2) is 0 Å². The molecule has 1 saturated carbocycles. The van der Waals surface area contributed by atoms with Crippen molar-refractivity contribution in [2.75, 3.05) is 7.11 Å². The van der Waals surface area contributed by atoms with Gasteiger partial charge in [0.25, 0.3) is 0 Å². The highest BCUT2D eigenvalue weighted by Gasteiger charge is 2.54. The van der Waals surface area contributed by atoms with Crippen molar-refractivity contribution in [2.45, 2.75) is 19.8 Å². The number of ether oxygens (including phenoxy) is 1. The molecular formula is C8H10O4. The standard InChI is InChI=1S/C8H10O4/c1-5(9)8(7(11)12-2)3-6(10)4-8/h3-4H2,1-2H3. The zero-order valence-corrected chi connectivity index (χ0v) is 7.05. The number of Topliss-reactive ketones (excluding diaryl/α,β-unsaturated/α-hetero) is 2. The van der Waals surface area contributed by atoms with Crippen LogP contribution >= 0.6 is 0 Å². The monoisotopic (exact) mass is 170 g/mol. The lowest BCUT2D eigenvalue weighted by Crippen LogP contribution is -2.50. The lowest BCUT2D eigenvalue weighted by molar-refractivity contribution is -0.168. The zero-order valence-electron chi connectivity index (χ0n) is 7.05. The quantitative estimate of drug-likeness (QED) is 0.435. The first kappa shape index (κ1) is 8.90. The first-order valence-electron chi connectivity index (χ1n) is 3.64. The molecule has 0 saturated heterocycles. The van der Waals surface area contributed by atoms with Crippen LogP contribution < -0.4 is 0 Å². The minimum atomic E-state index is -1.15. The molecule has 12 heavy (non-hydrogen) atoms. The van der Waals surface area contributed by atoms with Crippen LogP contribution in [0.1, 0.15) is 19.8 Å². The third kappa shape index (κ3) is 1.03. The van der Waals surface area contributed by atoms with Crippen molar-refractivity contribution in [3.05, 3.63) is 0 Å². The molecule has 4 nitrogen and oxygen atoms in total. The Labute approximate surface area is 69.9 Å². The van der Waals surface area contributed by atoms with E-state index in [2.05, 4.69) is 4.74 Å². The molecule has 0 aromatic heterocycles. The van der Waals surface area contributed by atoms with Crippen LogP contribution in [0.4, 0.5) is 0 Å². The van der Waals surface area contributed by atoms with Crippen LogP contribution in [0.2, 0.25) is 0 Å². The van der Waals surface area contributed by atoms with Gasteiger partial charge in [-0.2, -0.15) is 0 Å². The molecule has 66 valence electrons. The fraction of sp³-hybridized carbons (Fsp3) is 0.625.